The van der Waals surface area contributed by atoms with E-state index >= 15 is 0 Å². The summed E-state index contributed by atoms with van der Waals surface area (Å²) in [5.74, 6) is 0.732. The second kappa shape index (κ2) is 4.68. The van der Waals surface area contributed by atoms with Gasteiger partial charge >= 0.3 is 0 Å². The minimum atomic E-state index is -0.206. The molecule has 6 heteroatoms. The smallest absolute Gasteiger partial charge is 0.294 e. The number of nitrogens with zero attached hydrogens (tertiary/aromatic N) is 2. The molecule has 21 heavy (non-hydrogen) atoms. The molecule has 1 unspecified atom stereocenters. The molecule has 0 bridgehead atoms. The SMILES string of the molecule is CN1CCCC1c1nc2c(oc3ccc(Br)cc32)c(=O)[nH]1. The summed E-state index contributed by atoms with van der Waals surface area (Å²) < 4.78 is 6.59. The first kappa shape index (κ1) is 13.0. The van der Waals surface area contributed by atoms with Crippen molar-refractivity contribution in [3.05, 3.63) is 38.9 Å². The molecule has 0 spiro atoms. The van der Waals surface area contributed by atoms with Crippen molar-refractivity contribution in [2.45, 2.75) is 18.9 Å². The van der Waals surface area contributed by atoms with Crippen LogP contribution in [0.3, 0.4) is 0 Å². The molecule has 1 atom stereocenters. The molecule has 0 radical (unpaired) electrons. The Bertz CT molecular complexity index is 899. The van der Waals surface area contributed by atoms with Crippen LogP contribution in [0.1, 0.15) is 24.7 Å². The summed E-state index contributed by atoms with van der Waals surface area (Å²) in [4.78, 5) is 22.1. The number of fused-ring (bicyclic) bond motifs is 3. The summed E-state index contributed by atoms with van der Waals surface area (Å²) >= 11 is 3.45. The van der Waals surface area contributed by atoms with E-state index in [-0.39, 0.29) is 11.6 Å². The standard InChI is InChI=1S/C15H14BrN3O2/c1-19-6-2-3-10(19)14-17-12-9-7-8(16)4-5-11(9)21-13(12)15(20)18-14/h4-5,7,10H,2-3,6H2,1H3,(H,17,18,20). The molecule has 1 fully saturated rings. The van der Waals surface area contributed by atoms with E-state index < -0.39 is 0 Å². The van der Waals surface area contributed by atoms with Crippen molar-refractivity contribution >= 4 is 38.0 Å². The van der Waals surface area contributed by atoms with Crippen LogP contribution < -0.4 is 5.56 Å². The van der Waals surface area contributed by atoms with Crippen molar-refractivity contribution in [1.82, 2.24) is 14.9 Å². The summed E-state index contributed by atoms with van der Waals surface area (Å²) in [5, 5.41) is 0.868. The number of rotatable bonds is 1. The molecule has 5 nitrogen and oxygen atoms in total. The second-order valence-corrected chi connectivity index (χ2v) is 6.43. The van der Waals surface area contributed by atoms with Crippen LogP contribution in [-0.4, -0.2) is 28.5 Å². The third-order valence-electron chi connectivity index (χ3n) is 4.14. The Hall–Kier alpha value is -1.66. The molecule has 0 amide bonds. The number of furan rings is 1. The van der Waals surface area contributed by atoms with Gasteiger partial charge in [0.25, 0.3) is 5.56 Å². The van der Waals surface area contributed by atoms with Crippen molar-refractivity contribution in [2.24, 2.45) is 0 Å². The summed E-state index contributed by atoms with van der Waals surface area (Å²) in [6, 6.07) is 5.86. The van der Waals surface area contributed by atoms with Gasteiger partial charge < -0.3 is 9.40 Å². The molecule has 1 aliphatic heterocycles. The molecule has 2 aromatic heterocycles. The van der Waals surface area contributed by atoms with E-state index in [1.165, 1.54) is 0 Å². The summed E-state index contributed by atoms with van der Waals surface area (Å²) in [6.45, 7) is 1.03. The fraction of sp³-hybridized carbons (Fsp3) is 0.333. The van der Waals surface area contributed by atoms with Gasteiger partial charge in [0.1, 0.15) is 16.9 Å². The number of H-pyrrole nitrogens is 1. The van der Waals surface area contributed by atoms with Gasteiger partial charge in [-0.25, -0.2) is 4.98 Å². The normalized spacial score (nSPS) is 19.8. The van der Waals surface area contributed by atoms with Crippen LogP contribution in [0.15, 0.2) is 31.9 Å². The predicted molar refractivity (Wildman–Crippen MR) is 84.4 cm³/mol. The van der Waals surface area contributed by atoms with E-state index in [0.717, 1.165) is 35.1 Å². The highest BCUT2D eigenvalue weighted by molar-refractivity contribution is 9.10. The minimum absolute atomic E-state index is 0.180. The zero-order chi connectivity index (χ0) is 14.6. The second-order valence-electron chi connectivity index (χ2n) is 5.51. The molecule has 1 saturated heterocycles. The molecular formula is C15H14BrN3O2. The monoisotopic (exact) mass is 347 g/mol. The van der Waals surface area contributed by atoms with Crippen molar-refractivity contribution in [3.63, 3.8) is 0 Å². The fourth-order valence-electron chi connectivity index (χ4n) is 3.06. The third kappa shape index (κ3) is 2.01. The van der Waals surface area contributed by atoms with Gasteiger partial charge in [-0.2, -0.15) is 0 Å². The van der Waals surface area contributed by atoms with Gasteiger partial charge in [0, 0.05) is 9.86 Å². The maximum atomic E-state index is 12.3. The van der Waals surface area contributed by atoms with Crippen LogP contribution in [0, 0.1) is 0 Å². The molecular weight excluding hydrogens is 334 g/mol. The van der Waals surface area contributed by atoms with E-state index in [1.807, 2.05) is 18.2 Å². The van der Waals surface area contributed by atoms with Crippen molar-refractivity contribution in [1.29, 1.82) is 0 Å². The molecule has 3 heterocycles. The maximum absolute atomic E-state index is 12.3. The number of likely N-dealkylation sites (tertiary alicyclic amines) is 1. The van der Waals surface area contributed by atoms with Gasteiger partial charge in [-0.15, -0.1) is 0 Å². The Morgan fingerprint density at radius 1 is 1.48 bits per heavy atom. The predicted octanol–water partition coefficient (Wildman–Crippen LogP) is 3.20. The van der Waals surface area contributed by atoms with Crippen LogP contribution >= 0.6 is 15.9 Å². The van der Waals surface area contributed by atoms with Crippen molar-refractivity contribution in [3.8, 4) is 0 Å². The first-order valence-electron chi connectivity index (χ1n) is 6.96. The van der Waals surface area contributed by atoms with Crippen LogP contribution in [0.5, 0.6) is 0 Å². The van der Waals surface area contributed by atoms with E-state index in [2.05, 4.69) is 37.8 Å². The molecule has 1 N–H and O–H groups in total. The summed E-state index contributed by atoms with van der Waals surface area (Å²) in [5.41, 5.74) is 1.42. The molecule has 0 saturated carbocycles. The number of hydrogen-bond donors (Lipinski definition) is 1. The number of aromatic amines is 1. The first-order chi connectivity index (χ1) is 10.1. The van der Waals surface area contributed by atoms with Crippen LogP contribution in [-0.2, 0) is 0 Å². The quantitative estimate of drug-likeness (QED) is 0.734. The zero-order valence-corrected chi connectivity index (χ0v) is 13.1. The highest BCUT2D eigenvalue weighted by Crippen LogP contribution is 2.31. The van der Waals surface area contributed by atoms with E-state index in [0.29, 0.717) is 16.7 Å². The highest BCUT2D eigenvalue weighted by atomic mass is 79.9. The minimum Gasteiger partial charge on any atom is -0.449 e. The Balaban J connectivity index is 2.01. The largest absolute Gasteiger partial charge is 0.449 e. The summed E-state index contributed by atoms with van der Waals surface area (Å²) in [7, 11) is 2.06. The molecule has 108 valence electrons. The number of aromatic nitrogens is 2. The Morgan fingerprint density at radius 2 is 2.33 bits per heavy atom. The Morgan fingerprint density at radius 3 is 3.10 bits per heavy atom. The molecule has 1 aliphatic rings. The molecule has 1 aromatic carbocycles. The molecule has 3 aromatic rings. The Labute approximate surface area is 129 Å². The van der Waals surface area contributed by atoms with E-state index in [1.54, 1.807) is 0 Å². The van der Waals surface area contributed by atoms with Crippen LogP contribution in [0.4, 0.5) is 0 Å². The third-order valence-corrected chi connectivity index (χ3v) is 4.63. The first-order valence-corrected chi connectivity index (χ1v) is 7.75. The van der Waals surface area contributed by atoms with Crippen molar-refractivity contribution in [2.75, 3.05) is 13.6 Å². The maximum Gasteiger partial charge on any atom is 0.294 e. The van der Waals surface area contributed by atoms with Gasteiger partial charge in [0.15, 0.2) is 0 Å². The van der Waals surface area contributed by atoms with Gasteiger partial charge in [-0.05, 0) is 44.6 Å². The van der Waals surface area contributed by atoms with Gasteiger partial charge in [-0.3, -0.25) is 9.69 Å². The van der Waals surface area contributed by atoms with Crippen molar-refractivity contribution < 1.29 is 4.42 Å². The van der Waals surface area contributed by atoms with E-state index in [9.17, 15) is 4.79 Å². The fourth-order valence-corrected chi connectivity index (χ4v) is 3.42. The number of halogens is 1. The lowest BCUT2D eigenvalue weighted by Crippen LogP contribution is -2.22. The summed E-state index contributed by atoms with van der Waals surface area (Å²) in [6.07, 6.45) is 2.14. The van der Waals surface area contributed by atoms with Gasteiger partial charge in [-0.1, -0.05) is 15.9 Å². The van der Waals surface area contributed by atoms with Gasteiger partial charge in [0.05, 0.1) is 6.04 Å². The van der Waals surface area contributed by atoms with Crippen LogP contribution in [0.25, 0.3) is 22.1 Å². The number of nitrogens with one attached hydrogen (secondary N) is 1. The van der Waals surface area contributed by atoms with E-state index in [4.69, 9.17) is 4.42 Å². The zero-order valence-electron chi connectivity index (χ0n) is 11.5. The highest BCUT2D eigenvalue weighted by Gasteiger charge is 2.26. The van der Waals surface area contributed by atoms with Crippen LogP contribution in [0.2, 0.25) is 0 Å². The van der Waals surface area contributed by atoms with Gasteiger partial charge in [0.2, 0.25) is 5.58 Å². The molecule has 0 aliphatic carbocycles. The topological polar surface area (TPSA) is 62.1 Å². The lowest BCUT2D eigenvalue weighted by molar-refractivity contribution is 0.306. The molecule has 4 rings (SSSR count). The number of benzene rings is 1. The average molecular weight is 348 g/mol. The average Bonchev–Trinajstić information content (AvgIpc) is 3.03. The lowest BCUT2D eigenvalue weighted by Gasteiger charge is -2.17. The number of hydrogen-bond acceptors (Lipinski definition) is 4. The Kier molecular flexibility index (Phi) is 2.90. The lowest BCUT2D eigenvalue weighted by atomic mass is 10.2.